The van der Waals surface area contributed by atoms with Crippen LogP contribution in [0.2, 0.25) is 0 Å². The van der Waals surface area contributed by atoms with Gasteiger partial charge in [-0.25, -0.2) is 4.98 Å². The van der Waals surface area contributed by atoms with Gasteiger partial charge in [0.25, 0.3) is 0 Å². The number of nitrogens with one attached hydrogen (secondary N) is 1. The Hall–Kier alpha value is -2.92. The average molecular weight is 390 g/mol. The zero-order valence-electron chi connectivity index (χ0n) is 15.7. The van der Waals surface area contributed by atoms with Crippen LogP contribution in [0.3, 0.4) is 0 Å². The molecule has 5 heteroatoms. The van der Waals surface area contributed by atoms with Crippen molar-refractivity contribution >= 4 is 22.2 Å². The topological polar surface area (TPSA) is 46.4 Å². The van der Waals surface area contributed by atoms with Crippen LogP contribution in [0.5, 0.6) is 0 Å². The molecule has 0 bridgehead atoms. The van der Waals surface area contributed by atoms with Crippen molar-refractivity contribution < 1.29 is 4.79 Å². The van der Waals surface area contributed by atoms with Crippen LogP contribution in [-0.2, 0) is 17.6 Å². The van der Waals surface area contributed by atoms with E-state index in [1.165, 1.54) is 5.56 Å². The maximum absolute atomic E-state index is 12.2. The maximum atomic E-state index is 12.2. The van der Waals surface area contributed by atoms with Crippen molar-refractivity contribution in [2.75, 3.05) is 6.54 Å². The molecule has 0 unspecified atom stereocenters. The first-order chi connectivity index (χ1) is 13.8. The summed E-state index contributed by atoms with van der Waals surface area (Å²) in [6, 6.07) is 20.5. The van der Waals surface area contributed by atoms with E-state index in [9.17, 15) is 4.79 Å². The molecule has 2 aromatic carbocycles. The minimum Gasteiger partial charge on any atom is -0.356 e. The van der Waals surface area contributed by atoms with Crippen molar-refractivity contribution in [1.82, 2.24) is 14.7 Å². The average Bonchev–Trinajstić information content (AvgIpc) is 3.32. The molecule has 0 aliphatic carbocycles. The number of rotatable bonds is 8. The van der Waals surface area contributed by atoms with Gasteiger partial charge in [-0.2, -0.15) is 0 Å². The number of aryl methyl sites for hydroxylation is 2. The summed E-state index contributed by atoms with van der Waals surface area (Å²) in [5.41, 5.74) is 4.53. The first-order valence-electron chi connectivity index (χ1n) is 9.61. The Labute approximate surface area is 168 Å². The molecule has 0 fully saturated rings. The number of hydrogen-bond acceptors (Lipinski definition) is 3. The van der Waals surface area contributed by atoms with Gasteiger partial charge in [-0.05, 0) is 24.8 Å². The summed E-state index contributed by atoms with van der Waals surface area (Å²) >= 11 is 1.62. The van der Waals surface area contributed by atoms with Crippen molar-refractivity contribution in [2.24, 2.45) is 0 Å². The van der Waals surface area contributed by atoms with Gasteiger partial charge in [0, 0.05) is 35.8 Å². The third-order valence-electron chi connectivity index (χ3n) is 4.77. The van der Waals surface area contributed by atoms with E-state index in [1.807, 2.05) is 24.3 Å². The smallest absolute Gasteiger partial charge is 0.220 e. The van der Waals surface area contributed by atoms with Crippen LogP contribution < -0.4 is 5.32 Å². The molecule has 4 nitrogen and oxygen atoms in total. The predicted octanol–water partition coefficient (Wildman–Crippen LogP) is 4.74. The van der Waals surface area contributed by atoms with E-state index in [0.717, 1.165) is 47.7 Å². The van der Waals surface area contributed by atoms with Crippen molar-refractivity contribution in [2.45, 2.75) is 25.7 Å². The van der Waals surface area contributed by atoms with Gasteiger partial charge < -0.3 is 5.32 Å². The lowest BCUT2D eigenvalue weighted by Crippen LogP contribution is -2.25. The summed E-state index contributed by atoms with van der Waals surface area (Å²) in [4.78, 5) is 17.9. The molecule has 4 rings (SSSR count). The van der Waals surface area contributed by atoms with E-state index in [4.69, 9.17) is 4.98 Å². The minimum absolute atomic E-state index is 0.107. The molecule has 1 amide bonds. The number of carbonyl (C=O) groups excluding carboxylic acids is 1. The molecule has 142 valence electrons. The fraction of sp³-hybridized carbons (Fsp3) is 0.217. The number of fused-ring (bicyclic) bond motifs is 1. The largest absolute Gasteiger partial charge is 0.356 e. The molecule has 0 saturated carbocycles. The molecule has 0 radical (unpaired) electrons. The number of thiazole rings is 1. The van der Waals surface area contributed by atoms with Crippen molar-refractivity contribution in [1.29, 1.82) is 0 Å². The number of amides is 1. The van der Waals surface area contributed by atoms with Crippen LogP contribution in [0.4, 0.5) is 0 Å². The van der Waals surface area contributed by atoms with Crippen LogP contribution in [0, 0.1) is 0 Å². The van der Waals surface area contributed by atoms with Crippen molar-refractivity contribution in [3.05, 3.63) is 83.5 Å². The minimum atomic E-state index is 0.107. The lowest BCUT2D eigenvalue weighted by atomic mass is 10.1. The number of hydrogen-bond donors (Lipinski definition) is 1. The summed E-state index contributed by atoms with van der Waals surface area (Å²) in [6.07, 6.45) is 5.23. The number of carbonyl (C=O) groups is 1. The van der Waals surface area contributed by atoms with E-state index < -0.39 is 0 Å². The van der Waals surface area contributed by atoms with E-state index in [1.54, 1.807) is 11.3 Å². The van der Waals surface area contributed by atoms with Crippen LogP contribution >= 0.6 is 11.3 Å². The van der Waals surface area contributed by atoms with Gasteiger partial charge in [-0.15, -0.1) is 11.3 Å². The quantitative estimate of drug-likeness (QED) is 0.442. The lowest BCUT2D eigenvalue weighted by Gasteiger charge is -2.05. The highest BCUT2D eigenvalue weighted by Gasteiger charge is 2.11. The summed E-state index contributed by atoms with van der Waals surface area (Å²) in [7, 11) is 0. The Bertz CT molecular complexity index is 1040. The normalized spacial score (nSPS) is 11.0. The molecule has 2 heterocycles. The van der Waals surface area contributed by atoms with Gasteiger partial charge in [-0.3, -0.25) is 9.20 Å². The second kappa shape index (κ2) is 8.85. The number of benzene rings is 2. The molecule has 0 spiro atoms. The highest BCUT2D eigenvalue weighted by molar-refractivity contribution is 7.15. The molecule has 4 aromatic rings. The van der Waals surface area contributed by atoms with Crippen LogP contribution in [-0.4, -0.2) is 21.8 Å². The molecule has 0 aliphatic rings. The van der Waals surface area contributed by atoms with E-state index >= 15 is 0 Å². The molecule has 0 saturated heterocycles. The van der Waals surface area contributed by atoms with Gasteiger partial charge in [0.1, 0.15) is 0 Å². The number of nitrogens with zero attached hydrogens (tertiary/aromatic N) is 2. The van der Waals surface area contributed by atoms with Gasteiger partial charge in [0.15, 0.2) is 4.96 Å². The summed E-state index contributed by atoms with van der Waals surface area (Å²) in [5, 5.41) is 5.13. The highest BCUT2D eigenvalue weighted by atomic mass is 32.1. The van der Waals surface area contributed by atoms with Gasteiger partial charge in [-0.1, -0.05) is 60.7 Å². The van der Waals surface area contributed by atoms with Crippen molar-refractivity contribution in [3.63, 3.8) is 0 Å². The number of imidazole rings is 1. The monoisotopic (exact) mass is 389 g/mol. The van der Waals surface area contributed by atoms with Gasteiger partial charge >= 0.3 is 0 Å². The zero-order valence-corrected chi connectivity index (χ0v) is 16.5. The molecule has 0 aliphatic heterocycles. The van der Waals surface area contributed by atoms with Crippen LogP contribution in [0.25, 0.3) is 16.2 Å². The van der Waals surface area contributed by atoms with Crippen molar-refractivity contribution in [3.8, 4) is 11.3 Å². The maximum Gasteiger partial charge on any atom is 0.220 e. The Kier molecular flexibility index (Phi) is 5.83. The van der Waals surface area contributed by atoms with Gasteiger partial charge in [0.05, 0.1) is 5.69 Å². The fourth-order valence-corrected chi connectivity index (χ4v) is 4.16. The van der Waals surface area contributed by atoms with E-state index in [2.05, 4.69) is 57.7 Å². The first-order valence-corrected chi connectivity index (χ1v) is 10.5. The summed E-state index contributed by atoms with van der Waals surface area (Å²) < 4.78 is 2.11. The van der Waals surface area contributed by atoms with Crippen LogP contribution in [0.1, 0.15) is 24.1 Å². The molecular weight excluding hydrogens is 366 g/mol. The third kappa shape index (κ3) is 4.49. The Morgan fingerprint density at radius 1 is 1.00 bits per heavy atom. The highest BCUT2D eigenvalue weighted by Crippen LogP contribution is 2.24. The second-order valence-corrected chi connectivity index (χ2v) is 7.65. The molecule has 0 atom stereocenters. The molecule has 28 heavy (non-hydrogen) atoms. The molecule has 1 N–H and O–H groups in total. The molecular formula is C23H23N3OS. The Morgan fingerprint density at radius 2 is 1.75 bits per heavy atom. The van der Waals surface area contributed by atoms with E-state index in [0.29, 0.717) is 6.42 Å². The second-order valence-electron chi connectivity index (χ2n) is 6.81. The molecule has 2 aromatic heterocycles. The zero-order chi connectivity index (χ0) is 19.2. The summed E-state index contributed by atoms with van der Waals surface area (Å²) in [6.45, 7) is 0.718. The number of aromatic nitrogens is 2. The Morgan fingerprint density at radius 3 is 2.54 bits per heavy atom. The first kappa shape index (κ1) is 18.4. The third-order valence-corrected chi connectivity index (χ3v) is 5.66. The summed E-state index contributed by atoms with van der Waals surface area (Å²) in [5.74, 6) is 0.107. The fourth-order valence-electron chi connectivity index (χ4n) is 3.25. The predicted molar refractivity (Wildman–Crippen MR) is 115 cm³/mol. The van der Waals surface area contributed by atoms with Crippen LogP contribution in [0.15, 0.2) is 72.2 Å². The Balaban J connectivity index is 1.28. The standard InChI is InChI=1S/C23H23N3OS/c27-22(24-15-7-10-18-8-3-1-4-9-18)14-13-20-17-28-23-25-21(16-26(20)23)19-11-5-2-6-12-19/h1-6,8-9,11-12,16-17H,7,10,13-15H2,(H,24,27). The SMILES string of the molecule is O=C(CCc1csc2nc(-c3ccccc3)cn12)NCCCc1ccccc1. The van der Waals surface area contributed by atoms with Gasteiger partial charge in [0.2, 0.25) is 5.91 Å². The lowest BCUT2D eigenvalue weighted by molar-refractivity contribution is -0.121. The van der Waals surface area contributed by atoms with E-state index in [-0.39, 0.29) is 5.91 Å².